The molecule has 0 aromatic heterocycles. The molecule has 2 N–H and O–H groups in total. The molecule has 1 heterocycles. The lowest BCUT2D eigenvalue weighted by molar-refractivity contribution is 0.0541. The summed E-state index contributed by atoms with van der Waals surface area (Å²) < 4.78 is 16.2. The number of fused-ring (bicyclic) bond motifs is 1. The molecule has 7 nitrogen and oxygen atoms in total. The van der Waals surface area contributed by atoms with Crippen molar-refractivity contribution in [3.8, 4) is 17.2 Å². The third-order valence-electron chi connectivity index (χ3n) is 4.95. The molecule has 0 unspecified atom stereocenters. The number of amides is 1. The second kappa shape index (κ2) is 9.65. The molecule has 0 bridgehead atoms. The van der Waals surface area contributed by atoms with Gasteiger partial charge in [-0.25, -0.2) is 0 Å². The summed E-state index contributed by atoms with van der Waals surface area (Å²) in [5.74, 6) is 0.0311. The molecule has 1 aliphatic heterocycles. The van der Waals surface area contributed by atoms with Crippen molar-refractivity contribution in [1.82, 2.24) is 4.90 Å². The number of benzene rings is 2. The number of hydrogen-bond acceptors (Lipinski definition) is 6. The van der Waals surface area contributed by atoms with Gasteiger partial charge in [-0.2, -0.15) is 0 Å². The third kappa shape index (κ3) is 4.75. The zero-order valence-electron chi connectivity index (χ0n) is 17.3. The number of carbonyl (C=O) groups is 1. The van der Waals surface area contributed by atoms with Crippen LogP contribution < -0.4 is 4.74 Å². The van der Waals surface area contributed by atoms with Gasteiger partial charge in [0.2, 0.25) is 0 Å². The van der Waals surface area contributed by atoms with Crippen molar-refractivity contribution in [3.05, 3.63) is 59.2 Å². The Morgan fingerprint density at radius 2 is 1.80 bits per heavy atom. The summed E-state index contributed by atoms with van der Waals surface area (Å²) in [6.07, 6.45) is 0. The van der Waals surface area contributed by atoms with E-state index in [4.69, 9.17) is 14.2 Å². The van der Waals surface area contributed by atoms with Crippen LogP contribution in [0.15, 0.2) is 36.9 Å². The Morgan fingerprint density at radius 1 is 1.07 bits per heavy atom. The second-order valence-electron chi connectivity index (χ2n) is 7.18. The van der Waals surface area contributed by atoms with E-state index in [1.54, 1.807) is 18.9 Å². The number of ether oxygens (including phenoxy) is 3. The summed E-state index contributed by atoms with van der Waals surface area (Å²) in [6.45, 7) is 8.22. The number of carbonyl (C=O) groups excluding carboxylic acids is 1. The summed E-state index contributed by atoms with van der Waals surface area (Å²) >= 11 is 0. The van der Waals surface area contributed by atoms with E-state index < -0.39 is 0 Å². The third-order valence-corrected chi connectivity index (χ3v) is 4.95. The first-order valence-corrected chi connectivity index (χ1v) is 9.73. The summed E-state index contributed by atoms with van der Waals surface area (Å²) in [6, 6.07) is 8.39. The Hall–Kier alpha value is -3.03. The van der Waals surface area contributed by atoms with Crippen molar-refractivity contribution in [2.24, 2.45) is 0 Å². The van der Waals surface area contributed by atoms with E-state index in [1.165, 1.54) is 12.1 Å². The van der Waals surface area contributed by atoms with E-state index >= 15 is 0 Å². The number of nitrogens with zero attached hydrogens (tertiary/aromatic N) is 1. The highest BCUT2D eigenvalue weighted by atomic mass is 16.5. The van der Waals surface area contributed by atoms with Crippen molar-refractivity contribution in [2.75, 3.05) is 33.5 Å². The van der Waals surface area contributed by atoms with Gasteiger partial charge >= 0.3 is 0 Å². The van der Waals surface area contributed by atoms with Crippen LogP contribution >= 0.6 is 0 Å². The van der Waals surface area contributed by atoms with Crippen molar-refractivity contribution in [3.63, 3.8) is 0 Å². The van der Waals surface area contributed by atoms with Crippen LogP contribution in [0.25, 0.3) is 5.57 Å². The van der Waals surface area contributed by atoms with Gasteiger partial charge in [0.05, 0.1) is 31.9 Å². The molecule has 1 amide bonds. The van der Waals surface area contributed by atoms with Gasteiger partial charge in [-0.1, -0.05) is 18.7 Å². The molecular formula is C23H27NO6. The van der Waals surface area contributed by atoms with E-state index in [9.17, 15) is 15.0 Å². The molecule has 0 aliphatic carbocycles. The molecule has 0 saturated heterocycles. The number of phenolic OH excluding ortho intramolecular Hbond substituents is 2. The van der Waals surface area contributed by atoms with Gasteiger partial charge in [0.1, 0.15) is 23.9 Å². The fraction of sp³-hybridized carbons (Fsp3) is 0.348. The highest BCUT2D eigenvalue weighted by Crippen LogP contribution is 2.35. The van der Waals surface area contributed by atoms with Crippen molar-refractivity contribution >= 4 is 11.5 Å². The van der Waals surface area contributed by atoms with Crippen LogP contribution in [0.5, 0.6) is 17.2 Å². The lowest BCUT2D eigenvalue weighted by Crippen LogP contribution is -2.25. The van der Waals surface area contributed by atoms with E-state index in [0.717, 1.165) is 16.9 Å². The van der Waals surface area contributed by atoms with E-state index in [1.807, 2.05) is 18.2 Å². The van der Waals surface area contributed by atoms with Crippen molar-refractivity contribution < 1.29 is 29.2 Å². The molecule has 0 atom stereocenters. The smallest absolute Gasteiger partial charge is 0.258 e. The molecule has 2 aromatic rings. The van der Waals surface area contributed by atoms with Gasteiger partial charge in [-0.3, -0.25) is 4.79 Å². The van der Waals surface area contributed by atoms with Crippen molar-refractivity contribution in [1.29, 1.82) is 0 Å². The molecule has 3 rings (SSSR count). The SMILES string of the molecule is C=C(C)c1cc(C(=O)N2Cc3cccc(OCCOCCOC)c3C2)c(O)cc1O. The molecule has 30 heavy (non-hydrogen) atoms. The largest absolute Gasteiger partial charge is 0.507 e. The first-order valence-electron chi connectivity index (χ1n) is 9.73. The van der Waals surface area contributed by atoms with Crippen LogP contribution in [0.2, 0.25) is 0 Å². The quantitative estimate of drug-likeness (QED) is 0.613. The molecule has 7 heteroatoms. The highest BCUT2D eigenvalue weighted by molar-refractivity contribution is 5.98. The minimum absolute atomic E-state index is 0.107. The van der Waals surface area contributed by atoms with Crippen LogP contribution in [0.3, 0.4) is 0 Å². The standard InChI is InChI=1S/C23H27NO6/c1-15(2)17-11-18(21(26)12-20(17)25)23(27)24-13-16-5-4-6-22(19(16)14-24)30-10-9-29-8-7-28-3/h4-6,11-12,25-26H,1,7-10,13-14H2,2-3H3. The fourth-order valence-electron chi connectivity index (χ4n) is 3.39. The Kier molecular flexibility index (Phi) is 6.97. The molecule has 0 spiro atoms. The van der Waals surface area contributed by atoms with Gasteiger partial charge in [-0.15, -0.1) is 0 Å². The molecule has 0 radical (unpaired) electrons. The topological polar surface area (TPSA) is 88.5 Å². The minimum Gasteiger partial charge on any atom is -0.507 e. The van der Waals surface area contributed by atoms with Crippen molar-refractivity contribution in [2.45, 2.75) is 20.0 Å². The predicted octanol–water partition coefficient (Wildman–Crippen LogP) is 3.33. The van der Waals surface area contributed by atoms with Gasteiger partial charge in [-0.05, 0) is 30.2 Å². The number of methoxy groups -OCH3 is 1. The fourth-order valence-corrected chi connectivity index (χ4v) is 3.39. The maximum Gasteiger partial charge on any atom is 0.258 e. The zero-order valence-corrected chi connectivity index (χ0v) is 17.3. The van der Waals surface area contributed by atoms with Crippen LogP contribution in [0.4, 0.5) is 0 Å². The Morgan fingerprint density at radius 3 is 2.53 bits per heavy atom. The molecule has 2 aromatic carbocycles. The number of hydrogen-bond donors (Lipinski definition) is 2. The number of rotatable bonds is 9. The van der Waals surface area contributed by atoms with E-state index in [2.05, 4.69) is 6.58 Å². The lowest BCUT2D eigenvalue weighted by Gasteiger charge is -2.18. The lowest BCUT2D eigenvalue weighted by atomic mass is 10.0. The highest BCUT2D eigenvalue weighted by Gasteiger charge is 2.29. The van der Waals surface area contributed by atoms with Crippen LogP contribution in [-0.4, -0.2) is 54.6 Å². The van der Waals surface area contributed by atoms with E-state index in [0.29, 0.717) is 50.7 Å². The van der Waals surface area contributed by atoms with Gasteiger partial charge < -0.3 is 29.3 Å². The average molecular weight is 413 g/mol. The van der Waals surface area contributed by atoms with Crippen LogP contribution in [0.1, 0.15) is 34.0 Å². The number of allylic oxidation sites excluding steroid dienone is 1. The Labute approximate surface area is 176 Å². The average Bonchev–Trinajstić information content (AvgIpc) is 3.15. The first kappa shape index (κ1) is 21.7. The molecule has 160 valence electrons. The maximum atomic E-state index is 13.1. The summed E-state index contributed by atoms with van der Waals surface area (Å²) in [5, 5.41) is 20.2. The second-order valence-corrected chi connectivity index (χ2v) is 7.18. The molecule has 0 fully saturated rings. The van der Waals surface area contributed by atoms with Gasteiger partial charge in [0.15, 0.2) is 0 Å². The van der Waals surface area contributed by atoms with Crippen LogP contribution in [0, 0.1) is 0 Å². The normalized spacial score (nSPS) is 12.7. The van der Waals surface area contributed by atoms with Gasteiger partial charge in [0, 0.05) is 30.8 Å². The molecule has 0 saturated carbocycles. The monoisotopic (exact) mass is 413 g/mol. The maximum absolute atomic E-state index is 13.1. The summed E-state index contributed by atoms with van der Waals surface area (Å²) in [4.78, 5) is 14.7. The Balaban J connectivity index is 1.70. The van der Waals surface area contributed by atoms with Crippen LogP contribution in [-0.2, 0) is 22.6 Å². The number of aromatic hydroxyl groups is 2. The Bertz CT molecular complexity index is 940. The van der Waals surface area contributed by atoms with Gasteiger partial charge in [0.25, 0.3) is 5.91 Å². The molecule has 1 aliphatic rings. The number of phenols is 2. The summed E-state index contributed by atoms with van der Waals surface area (Å²) in [7, 11) is 1.62. The minimum atomic E-state index is -0.319. The van der Waals surface area contributed by atoms with E-state index in [-0.39, 0.29) is 23.0 Å². The first-order chi connectivity index (χ1) is 14.4. The zero-order chi connectivity index (χ0) is 21.7. The predicted molar refractivity (Wildman–Crippen MR) is 113 cm³/mol. The summed E-state index contributed by atoms with van der Waals surface area (Å²) in [5.41, 5.74) is 3.12. The molecular weight excluding hydrogens is 386 g/mol.